The van der Waals surface area contributed by atoms with Gasteiger partial charge in [-0.3, -0.25) is 0 Å². The summed E-state index contributed by atoms with van der Waals surface area (Å²) in [6.45, 7) is 2.45. The third-order valence-electron chi connectivity index (χ3n) is 4.30. The summed E-state index contributed by atoms with van der Waals surface area (Å²) >= 11 is 0. The molecule has 3 rings (SSSR count). The van der Waals surface area contributed by atoms with Crippen molar-refractivity contribution in [3.05, 3.63) is 65.7 Å². The van der Waals surface area contributed by atoms with Crippen LogP contribution in [0.1, 0.15) is 17.2 Å². The lowest BCUT2D eigenvalue weighted by Crippen LogP contribution is -2.36. The molecule has 0 amide bonds. The van der Waals surface area contributed by atoms with Crippen molar-refractivity contribution in [1.29, 1.82) is 0 Å². The Hall–Kier alpha value is -1.88. The molecule has 1 atom stereocenters. The molecule has 24 heavy (non-hydrogen) atoms. The highest BCUT2D eigenvalue weighted by Crippen LogP contribution is 2.30. The van der Waals surface area contributed by atoms with Gasteiger partial charge < -0.3 is 19.1 Å². The Kier molecular flexibility index (Phi) is 5.86. The molecule has 1 heterocycles. The molecule has 0 spiro atoms. The third kappa shape index (κ3) is 4.35. The fraction of sp³-hybridized carbons (Fsp3) is 0.400. The van der Waals surface area contributed by atoms with Crippen molar-refractivity contribution < 1.29 is 14.2 Å². The van der Waals surface area contributed by atoms with Gasteiger partial charge in [0.15, 0.2) is 0 Å². The van der Waals surface area contributed by atoms with E-state index in [0.717, 1.165) is 19.0 Å². The Morgan fingerprint density at radius 1 is 1.00 bits per heavy atom. The molecule has 0 bridgehead atoms. The fourth-order valence-electron chi connectivity index (χ4n) is 3.18. The molecule has 0 aromatic heterocycles. The highest BCUT2D eigenvalue weighted by atomic mass is 16.7. The van der Waals surface area contributed by atoms with Gasteiger partial charge in [-0.2, -0.15) is 0 Å². The molecule has 2 aromatic carbocycles. The Bertz CT molecular complexity index is 607. The van der Waals surface area contributed by atoms with Gasteiger partial charge in [-0.05, 0) is 37.4 Å². The van der Waals surface area contributed by atoms with Crippen molar-refractivity contribution in [2.24, 2.45) is 5.92 Å². The fourth-order valence-corrected chi connectivity index (χ4v) is 3.18. The van der Waals surface area contributed by atoms with Crippen molar-refractivity contribution in [2.75, 3.05) is 34.1 Å². The van der Waals surface area contributed by atoms with Crippen LogP contribution in [-0.2, 0) is 16.1 Å². The molecule has 2 aromatic rings. The highest BCUT2D eigenvalue weighted by molar-refractivity contribution is 5.30. The number of rotatable bonds is 6. The average Bonchev–Trinajstić information content (AvgIpc) is 2.63. The highest BCUT2D eigenvalue weighted by Gasteiger charge is 2.27. The monoisotopic (exact) mass is 327 g/mol. The first kappa shape index (κ1) is 17.0. The second-order valence-corrected chi connectivity index (χ2v) is 6.37. The van der Waals surface area contributed by atoms with Crippen molar-refractivity contribution in [2.45, 2.75) is 12.6 Å². The maximum Gasteiger partial charge on any atom is 0.146 e. The molecule has 0 aliphatic carbocycles. The van der Waals surface area contributed by atoms with E-state index >= 15 is 0 Å². The van der Waals surface area contributed by atoms with Crippen molar-refractivity contribution in [1.82, 2.24) is 4.90 Å². The van der Waals surface area contributed by atoms with Crippen LogP contribution in [0.2, 0.25) is 0 Å². The van der Waals surface area contributed by atoms with Gasteiger partial charge in [0.2, 0.25) is 0 Å². The molecule has 1 aliphatic heterocycles. The van der Waals surface area contributed by atoms with Crippen LogP contribution in [0.3, 0.4) is 0 Å². The molecule has 1 saturated heterocycles. The molecule has 1 fully saturated rings. The molecular formula is C20H25NO3. The van der Waals surface area contributed by atoms with Crippen LogP contribution in [0.25, 0.3) is 0 Å². The third-order valence-corrected chi connectivity index (χ3v) is 4.30. The van der Waals surface area contributed by atoms with E-state index in [1.54, 1.807) is 0 Å². The van der Waals surface area contributed by atoms with E-state index in [9.17, 15) is 0 Å². The SMILES string of the molecule is CN(C)C(c1ccc(OCc2ccccc2)cc1)C1COCOC1. The lowest BCUT2D eigenvalue weighted by Gasteiger charge is -2.34. The van der Waals surface area contributed by atoms with Crippen molar-refractivity contribution >= 4 is 0 Å². The van der Waals surface area contributed by atoms with Crippen LogP contribution in [0, 0.1) is 5.92 Å². The van der Waals surface area contributed by atoms with E-state index in [-0.39, 0.29) is 6.04 Å². The van der Waals surface area contributed by atoms with Crippen LogP contribution < -0.4 is 4.74 Å². The van der Waals surface area contributed by atoms with Crippen LogP contribution in [0.5, 0.6) is 5.75 Å². The predicted octanol–water partition coefficient (Wildman–Crippen LogP) is 3.49. The predicted molar refractivity (Wildman–Crippen MR) is 93.9 cm³/mol. The van der Waals surface area contributed by atoms with Crippen LogP contribution >= 0.6 is 0 Å². The number of benzene rings is 2. The Morgan fingerprint density at radius 3 is 2.29 bits per heavy atom. The number of ether oxygens (including phenoxy) is 3. The Balaban J connectivity index is 1.65. The minimum absolute atomic E-state index is 0.272. The maximum atomic E-state index is 5.87. The topological polar surface area (TPSA) is 30.9 Å². The summed E-state index contributed by atoms with van der Waals surface area (Å²) < 4.78 is 16.8. The first-order valence-electron chi connectivity index (χ1n) is 8.32. The minimum Gasteiger partial charge on any atom is -0.489 e. The summed E-state index contributed by atoms with van der Waals surface area (Å²) in [5, 5.41) is 0. The lowest BCUT2D eigenvalue weighted by atomic mass is 9.93. The summed E-state index contributed by atoms with van der Waals surface area (Å²) in [4.78, 5) is 2.22. The minimum atomic E-state index is 0.272. The zero-order valence-electron chi connectivity index (χ0n) is 14.4. The van der Waals surface area contributed by atoms with E-state index in [0.29, 0.717) is 19.3 Å². The molecule has 1 unspecified atom stereocenters. The lowest BCUT2D eigenvalue weighted by molar-refractivity contribution is -0.139. The number of hydrogen-bond donors (Lipinski definition) is 0. The normalized spacial score (nSPS) is 17.0. The van der Waals surface area contributed by atoms with Crippen molar-refractivity contribution in [3.8, 4) is 5.75 Å². The maximum absolute atomic E-state index is 5.87. The van der Waals surface area contributed by atoms with E-state index in [1.807, 2.05) is 30.3 Å². The van der Waals surface area contributed by atoms with Gasteiger partial charge in [-0.1, -0.05) is 42.5 Å². The molecule has 4 heteroatoms. The summed E-state index contributed by atoms with van der Waals surface area (Å²) in [7, 11) is 4.19. The van der Waals surface area contributed by atoms with Gasteiger partial charge >= 0.3 is 0 Å². The molecule has 0 saturated carbocycles. The Morgan fingerprint density at radius 2 is 1.67 bits per heavy atom. The van der Waals surface area contributed by atoms with Gasteiger partial charge in [0.05, 0.1) is 13.2 Å². The smallest absolute Gasteiger partial charge is 0.146 e. The van der Waals surface area contributed by atoms with E-state index in [1.165, 1.54) is 11.1 Å². The van der Waals surface area contributed by atoms with Crippen LogP contribution in [-0.4, -0.2) is 39.0 Å². The Labute approximate surface area is 144 Å². The standard InChI is InChI=1S/C20H25NO3/c1-21(2)20(18-13-22-15-23-14-18)17-8-10-19(11-9-17)24-12-16-6-4-3-5-7-16/h3-11,18,20H,12-15H2,1-2H3. The summed E-state index contributed by atoms with van der Waals surface area (Å²) in [6.07, 6.45) is 0. The molecule has 128 valence electrons. The van der Waals surface area contributed by atoms with Crippen LogP contribution in [0.15, 0.2) is 54.6 Å². The largest absolute Gasteiger partial charge is 0.489 e. The second kappa shape index (κ2) is 8.29. The molecule has 4 nitrogen and oxygen atoms in total. The van der Waals surface area contributed by atoms with Crippen LogP contribution in [0.4, 0.5) is 0 Å². The van der Waals surface area contributed by atoms with Gasteiger partial charge in [0.25, 0.3) is 0 Å². The quantitative estimate of drug-likeness (QED) is 0.813. The van der Waals surface area contributed by atoms with Gasteiger partial charge in [0, 0.05) is 12.0 Å². The number of hydrogen-bond acceptors (Lipinski definition) is 4. The van der Waals surface area contributed by atoms with Gasteiger partial charge in [-0.15, -0.1) is 0 Å². The van der Waals surface area contributed by atoms with Gasteiger partial charge in [-0.25, -0.2) is 0 Å². The first-order chi connectivity index (χ1) is 11.7. The van der Waals surface area contributed by atoms with E-state index < -0.39 is 0 Å². The number of nitrogens with zero attached hydrogens (tertiary/aromatic N) is 1. The summed E-state index contributed by atoms with van der Waals surface area (Å²) in [5.41, 5.74) is 2.43. The zero-order valence-corrected chi connectivity index (χ0v) is 14.4. The molecule has 0 radical (unpaired) electrons. The molecule has 1 aliphatic rings. The van der Waals surface area contributed by atoms with E-state index in [2.05, 4.69) is 43.3 Å². The van der Waals surface area contributed by atoms with Gasteiger partial charge in [0.1, 0.15) is 19.1 Å². The zero-order chi connectivity index (χ0) is 16.8. The molecule has 0 N–H and O–H groups in total. The first-order valence-corrected chi connectivity index (χ1v) is 8.32. The second-order valence-electron chi connectivity index (χ2n) is 6.37. The van der Waals surface area contributed by atoms with Crippen molar-refractivity contribution in [3.63, 3.8) is 0 Å². The average molecular weight is 327 g/mol. The molecular weight excluding hydrogens is 302 g/mol. The summed E-state index contributed by atoms with van der Waals surface area (Å²) in [6, 6.07) is 18.8. The van der Waals surface area contributed by atoms with E-state index in [4.69, 9.17) is 14.2 Å². The summed E-state index contributed by atoms with van der Waals surface area (Å²) in [5.74, 6) is 1.22.